The second-order valence-electron chi connectivity index (χ2n) is 3.73. The molecule has 0 spiro atoms. The van der Waals surface area contributed by atoms with E-state index in [0.29, 0.717) is 12.6 Å². The van der Waals surface area contributed by atoms with Crippen LogP contribution in [0.3, 0.4) is 0 Å². The highest BCUT2D eigenvalue weighted by molar-refractivity contribution is 5.88. The fraction of sp³-hybridized carbons (Fsp3) is 0.308. The minimum Gasteiger partial charge on any atom is -0.473 e. The summed E-state index contributed by atoms with van der Waals surface area (Å²) in [6.07, 6.45) is 5.07. The third-order valence-corrected chi connectivity index (χ3v) is 2.31. The van der Waals surface area contributed by atoms with Crippen molar-refractivity contribution < 1.29 is 4.74 Å². The Labute approximate surface area is 90.3 Å². The van der Waals surface area contributed by atoms with E-state index in [-0.39, 0.29) is 0 Å². The van der Waals surface area contributed by atoms with Gasteiger partial charge in [0.15, 0.2) is 0 Å². The first-order chi connectivity index (χ1) is 7.34. The van der Waals surface area contributed by atoms with Gasteiger partial charge < -0.3 is 4.74 Å². The average molecular weight is 201 g/mol. The molecule has 1 aromatic carbocycles. The van der Waals surface area contributed by atoms with Gasteiger partial charge >= 0.3 is 0 Å². The molecule has 1 unspecified atom stereocenters. The van der Waals surface area contributed by atoms with Crippen molar-refractivity contribution in [2.75, 3.05) is 0 Å². The van der Waals surface area contributed by atoms with Crippen LogP contribution in [0.2, 0.25) is 0 Å². The Morgan fingerprint density at radius 3 is 2.87 bits per heavy atom. The molecule has 0 fully saturated rings. The van der Waals surface area contributed by atoms with Crippen LogP contribution in [-0.4, -0.2) is 11.9 Å². The molecule has 2 rings (SSSR count). The van der Waals surface area contributed by atoms with Gasteiger partial charge in [0, 0.05) is 0 Å². The van der Waals surface area contributed by atoms with E-state index < -0.39 is 0 Å². The van der Waals surface area contributed by atoms with Crippen LogP contribution in [0.4, 0.5) is 0 Å². The Hall–Kier alpha value is -1.57. The zero-order valence-electron chi connectivity index (χ0n) is 8.89. The van der Waals surface area contributed by atoms with Crippen LogP contribution < -0.4 is 0 Å². The van der Waals surface area contributed by atoms with Crippen molar-refractivity contribution in [3.8, 4) is 0 Å². The second kappa shape index (κ2) is 4.78. The van der Waals surface area contributed by atoms with Crippen molar-refractivity contribution in [3.63, 3.8) is 0 Å². The number of benzene rings is 1. The summed E-state index contributed by atoms with van der Waals surface area (Å²) in [7, 11) is 0. The molecule has 1 aliphatic heterocycles. The zero-order valence-corrected chi connectivity index (χ0v) is 8.89. The van der Waals surface area contributed by atoms with Crippen molar-refractivity contribution in [2.45, 2.75) is 26.0 Å². The first-order valence-electron chi connectivity index (χ1n) is 5.25. The second-order valence-corrected chi connectivity index (χ2v) is 3.73. The zero-order chi connectivity index (χ0) is 10.5. The summed E-state index contributed by atoms with van der Waals surface area (Å²) in [6.45, 7) is 2.69. The van der Waals surface area contributed by atoms with E-state index in [1.807, 2.05) is 24.3 Å². The molecule has 0 amide bonds. The fourth-order valence-electron chi connectivity index (χ4n) is 1.50. The molecule has 1 aliphatic rings. The summed E-state index contributed by atoms with van der Waals surface area (Å²) < 4.78 is 5.60. The maximum absolute atomic E-state index is 5.60. The van der Waals surface area contributed by atoms with Gasteiger partial charge in [-0.05, 0) is 25.0 Å². The Balaban J connectivity index is 1.91. The summed E-state index contributed by atoms with van der Waals surface area (Å²) in [6, 6.07) is 10.5. The van der Waals surface area contributed by atoms with Crippen LogP contribution >= 0.6 is 0 Å². The van der Waals surface area contributed by atoms with E-state index >= 15 is 0 Å². The van der Waals surface area contributed by atoms with Crippen molar-refractivity contribution in [1.29, 1.82) is 0 Å². The molecule has 1 heterocycles. The average Bonchev–Trinajstić information content (AvgIpc) is 2.28. The lowest BCUT2D eigenvalue weighted by atomic mass is 10.2. The number of rotatable bonds is 2. The van der Waals surface area contributed by atoms with Gasteiger partial charge in [-0.2, -0.15) is 0 Å². The first-order valence-corrected chi connectivity index (χ1v) is 5.25. The van der Waals surface area contributed by atoms with E-state index in [4.69, 9.17) is 4.74 Å². The molecule has 1 atom stereocenters. The van der Waals surface area contributed by atoms with Crippen molar-refractivity contribution in [3.05, 3.63) is 48.0 Å². The largest absolute Gasteiger partial charge is 0.473 e. The quantitative estimate of drug-likeness (QED) is 0.721. The standard InChI is InChI=1S/C13H15NO/c1-11-6-5-9-13(14-11)15-10-12-7-3-2-4-8-12/h2-5,7-9,11H,6,10H2,1H3. The highest BCUT2D eigenvalue weighted by Gasteiger charge is 2.05. The monoisotopic (exact) mass is 201 g/mol. The molecular weight excluding hydrogens is 186 g/mol. The lowest BCUT2D eigenvalue weighted by Crippen LogP contribution is -2.10. The van der Waals surface area contributed by atoms with Crippen LogP contribution in [0.25, 0.3) is 0 Å². The highest BCUT2D eigenvalue weighted by atomic mass is 16.5. The van der Waals surface area contributed by atoms with Crippen molar-refractivity contribution in [1.82, 2.24) is 0 Å². The Bertz CT molecular complexity index is 367. The number of hydrogen-bond donors (Lipinski definition) is 0. The van der Waals surface area contributed by atoms with Crippen molar-refractivity contribution in [2.24, 2.45) is 4.99 Å². The van der Waals surface area contributed by atoms with Crippen LogP contribution in [0.1, 0.15) is 18.9 Å². The first kappa shape index (κ1) is 9.97. The Kier molecular flexibility index (Phi) is 3.18. The van der Waals surface area contributed by atoms with Gasteiger partial charge in [-0.1, -0.05) is 36.4 Å². The van der Waals surface area contributed by atoms with Crippen LogP contribution in [-0.2, 0) is 11.3 Å². The van der Waals surface area contributed by atoms with E-state index in [2.05, 4.69) is 30.1 Å². The molecule has 0 saturated heterocycles. The smallest absolute Gasteiger partial charge is 0.208 e. The predicted molar refractivity (Wildman–Crippen MR) is 61.9 cm³/mol. The van der Waals surface area contributed by atoms with Crippen molar-refractivity contribution >= 4 is 5.90 Å². The molecule has 0 aromatic heterocycles. The topological polar surface area (TPSA) is 21.6 Å². The van der Waals surface area contributed by atoms with E-state index in [1.165, 1.54) is 5.56 Å². The number of nitrogens with zero attached hydrogens (tertiary/aromatic N) is 1. The molecule has 0 radical (unpaired) electrons. The SMILES string of the molecule is CC1CC=CC(OCc2ccccc2)=N1. The summed E-state index contributed by atoms with van der Waals surface area (Å²) in [5.74, 6) is 0.748. The maximum atomic E-state index is 5.60. The molecule has 0 saturated carbocycles. The Morgan fingerprint density at radius 1 is 1.33 bits per heavy atom. The molecule has 0 N–H and O–H groups in total. The number of aliphatic imine (C=N–C) groups is 1. The maximum Gasteiger partial charge on any atom is 0.208 e. The third kappa shape index (κ3) is 2.94. The minimum atomic E-state index is 0.348. The molecule has 0 aliphatic carbocycles. The normalized spacial score (nSPS) is 19.8. The van der Waals surface area contributed by atoms with Crippen LogP contribution in [0, 0.1) is 0 Å². The molecule has 1 aromatic rings. The molecular formula is C13H15NO. The van der Waals surface area contributed by atoms with Gasteiger partial charge in [-0.15, -0.1) is 0 Å². The molecule has 2 heteroatoms. The highest BCUT2D eigenvalue weighted by Crippen LogP contribution is 2.08. The van der Waals surface area contributed by atoms with E-state index in [0.717, 1.165) is 12.3 Å². The number of hydrogen-bond acceptors (Lipinski definition) is 2. The molecule has 78 valence electrons. The van der Waals surface area contributed by atoms with Gasteiger partial charge in [0.05, 0.1) is 6.04 Å². The summed E-state index contributed by atoms with van der Waals surface area (Å²) >= 11 is 0. The molecule has 0 bridgehead atoms. The van der Waals surface area contributed by atoms with Gasteiger partial charge in [-0.3, -0.25) is 0 Å². The minimum absolute atomic E-state index is 0.348. The summed E-state index contributed by atoms with van der Waals surface area (Å²) in [5, 5.41) is 0. The molecule has 2 nitrogen and oxygen atoms in total. The van der Waals surface area contributed by atoms with Crippen LogP contribution in [0.15, 0.2) is 47.5 Å². The van der Waals surface area contributed by atoms with E-state index in [9.17, 15) is 0 Å². The molecule has 15 heavy (non-hydrogen) atoms. The summed E-state index contributed by atoms with van der Waals surface area (Å²) in [4.78, 5) is 4.40. The summed E-state index contributed by atoms with van der Waals surface area (Å²) in [5.41, 5.74) is 1.17. The third-order valence-electron chi connectivity index (χ3n) is 2.31. The Morgan fingerprint density at radius 2 is 2.13 bits per heavy atom. The number of ether oxygens (including phenoxy) is 1. The van der Waals surface area contributed by atoms with Crippen LogP contribution in [0.5, 0.6) is 0 Å². The van der Waals surface area contributed by atoms with Gasteiger partial charge in [-0.25, -0.2) is 4.99 Å². The lowest BCUT2D eigenvalue weighted by Gasteiger charge is -2.12. The van der Waals surface area contributed by atoms with E-state index in [1.54, 1.807) is 0 Å². The number of dihydropyridines is 1. The van der Waals surface area contributed by atoms with Gasteiger partial charge in [0.25, 0.3) is 0 Å². The van der Waals surface area contributed by atoms with Gasteiger partial charge in [0.1, 0.15) is 6.61 Å². The fourth-order valence-corrected chi connectivity index (χ4v) is 1.50. The lowest BCUT2D eigenvalue weighted by molar-refractivity contribution is 0.291. The predicted octanol–water partition coefficient (Wildman–Crippen LogP) is 2.95. The van der Waals surface area contributed by atoms with Gasteiger partial charge in [0.2, 0.25) is 5.90 Å².